The third kappa shape index (κ3) is 4.32. The van der Waals surface area contributed by atoms with E-state index in [0.29, 0.717) is 16.6 Å². The molecule has 0 aliphatic rings. The number of hydrogen-bond acceptors (Lipinski definition) is 4. The summed E-state index contributed by atoms with van der Waals surface area (Å²) in [5, 5.41) is 6.25. The first-order valence-corrected chi connectivity index (χ1v) is 7.97. The van der Waals surface area contributed by atoms with Crippen molar-refractivity contribution < 1.29 is 9.59 Å². The van der Waals surface area contributed by atoms with Crippen molar-refractivity contribution in [3.63, 3.8) is 0 Å². The average Bonchev–Trinajstić information content (AvgIpc) is 2.78. The number of nitrogens with one attached hydrogen (secondary N) is 2. The van der Waals surface area contributed by atoms with Gasteiger partial charge in [-0.15, -0.1) is 0 Å². The van der Waals surface area contributed by atoms with Crippen molar-refractivity contribution in [3.05, 3.63) is 23.2 Å². The van der Waals surface area contributed by atoms with Crippen molar-refractivity contribution in [2.75, 3.05) is 5.32 Å². The third-order valence-corrected chi connectivity index (χ3v) is 4.09. The number of fused-ring (bicyclic) bond motifs is 1. The van der Waals surface area contributed by atoms with E-state index in [1.54, 1.807) is 18.2 Å². The highest BCUT2D eigenvalue weighted by Gasteiger charge is 2.22. The number of halogens is 1. The molecule has 3 amide bonds. The summed E-state index contributed by atoms with van der Waals surface area (Å²) in [5.74, 6) is -0.102. The Balaban J connectivity index is 2.14. The molecule has 2 rings (SSSR count). The summed E-state index contributed by atoms with van der Waals surface area (Å²) in [4.78, 5) is 27.6. The summed E-state index contributed by atoms with van der Waals surface area (Å²) in [5.41, 5.74) is 5.88. The molecule has 8 heteroatoms. The number of primary amides is 1. The number of nitrogens with zero attached hydrogens (tertiary/aromatic N) is 1. The minimum absolute atomic E-state index is 0.233. The smallest absolute Gasteiger partial charge is 0.312 e. The molecule has 0 unspecified atom stereocenters. The fourth-order valence-corrected chi connectivity index (χ4v) is 3.16. The van der Waals surface area contributed by atoms with Gasteiger partial charge in [0.25, 0.3) is 0 Å². The van der Waals surface area contributed by atoms with Gasteiger partial charge in [0, 0.05) is 5.02 Å². The molecule has 2 aromatic rings. The topological polar surface area (TPSA) is 97.1 Å². The van der Waals surface area contributed by atoms with E-state index in [4.69, 9.17) is 17.3 Å². The maximum Gasteiger partial charge on any atom is 0.312 e. The SMILES string of the molecule is CC(C)C[C@@H](NC(N)=O)C(=O)Nc1nc2ccc(Cl)cc2s1. The molecular weight excluding hydrogens is 324 g/mol. The summed E-state index contributed by atoms with van der Waals surface area (Å²) in [6.07, 6.45) is 0.492. The predicted molar refractivity (Wildman–Crippen MR) is 89.2 cm³/mol. The third-order valence-electron chi connectivity index (χ3n) is 2.92. The molecule has 4 N–H and O–H groups in total. The van der Waals surface area contributed by atoms with Crippen molar-refractivity contribution in [3.8, 4) is 0 Å². The van der Waals surface area contributed by atoms with Gasteiger partial charge in [-0.05, 0) is 30.5 Å². The Kier molecular flexibility index (Phi) is 5.20. The van der Waals surface area contributed by atoms with E-state index < -0.39 is 12.1 Å². The zero-order chi connectivity index (χ0) is 16.3. The van der Waals surface area contributed by atoms with Crippen molar-refractivity contribution >= 4 is 50.2 Å². The van der Waals surface area contributed by atoms with E-state index in [1.165, 1.54) is 11.3 Å². The van der Waals surface area contributed by atoms with Crippen LogP contribution in [0.5, 0.6) is 0 Å². The second-order valence-electron chi connectivity index (χ2n) is 5.31. The Bertz CT molecular complexity index is 701. The van der Waals surface area contributed by atoms with Gasteiger partial charge in [-0.2, -0.15) is 0 Å². The van der Waals surface area contributed by atoms with Gasteiger partial charge in [-0.3, -0.25) is 4.79 Å². The van der Waals surface area contributed by atoms with Crippen LogP contribution in [-0.2, 0) is 4.79 Å². The minimum atomic E-state index is -0.725. The second-order valence-corrected chi connectivity index (χ2v) is 6.78. The van der Waals surface area contributed by atoms with Gasteiger partial charge in [0.05, 0.1) is 10.2 Å². The van der Waals surface area contributed by atoms with E-state index in [1.807, 2.05) is 13.8 Å². The van der Waals surface area contributed by atoms with E-state index in [-0.39, 0.29) is 11.8 Å². The second kappa shape index (κ2) is 6.93. The summed E-state index contributed by atoms with van der Waals surface area (Å²) < 4.78 is 0.881. The van der Waals surface area contributed by atoms with Crippen LogP contribution in [0.15, 0.2) is 18.2 Å². The molecule has 1 heterocycles. The summed E-state index contributed by atoms with van der Waals surface area (Å²) in [6.45, 7) is 3.92. The van der Waals surface area contributed by atoms with Crippen LogP contribution in [0.25, 0.3) is 10.2 Å². The molecule has 0 saturated carbocycles. The van der Waals surface area contributed by atoms with Crippen LogP contribution in [0, 0.1) is 5.92 Å². The van der Waals surface area contributed by atoms with Gasteiger partial charge < -0.3 is 16.4 Å². The Morgan fingerprint density at radius 2 is 2.14 bits per heavy atom. The van der Waals surface area contributed by atoms with Crippen LogP contribution >= 0.6 is 22.9 Å². The lowest BCUT2D eigenvalue weighted by atomic mass is 10.0. The number of carbonyl (C=O) groups is 2. The van der Waals surface area contributed by atoms with Crippen molar-refractivity contribution in [2.24, 2.45) is 11.7 Å². The quantitative estimate of drug-likeness (QED) is 0.780. The summed E-state index contributed by atoms with van der Waals surface area (Å²) in [6, 6.07) is 3.91. The van der Waals surface area contributed by atoms with Crippen LogP contribution in [0.4, 0.5) is 9.93 Å². The Hall–Kier alpha value is -1.86. The molecule has 1 aromatic heterocycles. The number of nitrogens with two attached hydrogens (primary N) is 1. The maximum absolute atomic E-state index is 12.3. The first-order valence-electron chi connectivity index (χ1n) is 6.78. The summed E-state index contributed by atoms with van der Waals surface area (Å²) in [7, 11) is 0. The maximum atomic E-state index is 12.3. The Labute approximate surface area is 137 Å². The molecule has 1 atom stereocenters. The van der Waals surface area contributed by atoms with Crippen LogP contribution in [0.1, 0.15) is 20.3 Å². The number of amides is 3. The van der Waals surface area contributed by atoms with Crippen LogP contribution in [-0.4, -0.2) is 23.0 Å². The van der Waals surface area contributed by atoms with Crippen LogP contribution in [0.2, 0.25) is 5.02 Å². The largest absolute Gasteiger partial charge is 0.352 e. The standard InChI is InChI=1S/C14H17ClN4O2S/c1-7(2)5-10(17-13(16)21)12(20)19-14-18-9-4-3-8(15)6-11(9)22-14/h3-4,6-7,10H,5H2,1-2H3,(H3,16,17,21)(H,18,19,20)/t10-/m1/s1. The number of rotatable bonds is 5. The fourth-order valence-electron chi connectivity index (χ4n) is 2.02. The molecule has 0 spiro atoms. The molecule has 0 bridgehead atoms. The molecule has 0 radical (unpaired) electrons. The number of aromatic nitrogens is 1. The number of thiazole rings is 1. The Morgan fingerprint density at radius 3 is 2.77 bits per heavy atom. The zero-order valence-electron chi connectivity index (χ0n) is 12.2. The van der Waals surface area contributed by atoms with Gasteiger partial charge in [0.1, 0.15) is 6.04 Å². The van der Waals surface area contributed by atoms with Crippen LogP contribution in [0.3, 0.4) is 0 Å². The van der Waals surface area contributed by atoms with Gasteiger partial charge >= 0.3 is 6.03 Å². The number of urea groups is 1. The Morgan fingerprint density at radius 1 is 1.41 bits per heavy atom. The van der Waals surface area contributed by atoms with Gasteiger partial charge in [0.15, 0.2) is 5.13 Å². The normalized spacial score (nSPS) is 12.4. The molecule has 0 fully saturated rings. The van der Waals surface area contributed by atoms with E-state index >= 15 is 0 Å². The number of carbonyl (C=O) groups excluding carboxylic acids is 2. The minimum Gasteiger partial charge on any atom is -0.352 e. The summed E-state index contributed by atoms with van der Waals surface area (Å²) >= 11 is 7.25. The molecule has 0 saturated heterocycles. The lowest BCUT2D eigenvalue weighted by Gasteiger charge is -2.18. The van der Waals surface area contributed by atoms with Crippen molar-refractivity contribution in [1.82, 2.24) is 10.3 Å². The van der Waals surface area contributed by atoms with E-state index in [2.05, 4.69) is 15.6 Å². The average molecular weight is 341 g/mol. The molecule has 0 aliphatic carbocycles. The molecule has 6 nitrogen and oxygen atoms in total. The molecular formula is C14H17ClN4O2S. The number of benzene rings is 1. The molecule has 22 heavy (non-hydrogen) atoms. The highest BCUT2D eigenvalue weighted by Crippen LogP contribution is 2.28. The van der Waals surface area contributed by atoms with Gasteiger partial charge in [-0.1, -0.05) is 36.8 Å². The lowest BCUT2D eigenvalue weighted by Crippen LogP contribution is -2.46. The number of hydrogen-bond donors (Lipinski definition) is 3. The first-order chi connectivity index (χ1) is 10.3. The predicted octanol–water partition coefficient (Wildman–Crippen LogP) is 2.97. The van der Waals surface area contributed by atoms with Crippen molar-refractivity contribution in [1.29, 1.82) is 0 Å². The van der Waals surface area contributed by atoms with Gasteiger partial charge in [0.2, 0.25) is 5.91 Å². The van der Waals surface area contributed by atoms with Crippen LogP contribution < -0.4 is 16.4 Å². The molecule has 118 valence electrons. The molecule has 0 aliphatic heterocycles. The molecule has 1 aromatic carbocycles. The van der Waals surface area contributed by atoms with E-state index in [9.17, 15) is 9.59 Å². The van der Waals surface area contributed by atoms with Gasteiger partial charge in [-0.25, -0.2) is 9.78 Å². The monoisotopic (exact) mass is 340 g/mol. The highest BCUT2D eigenvalue weighted by atomic mass is 35.5. The van der Waals surface area contributed by atoms with Crippen molar-refractivity contribution in [2.45, 2.75) is 26.3 Å². The van der Waals surface area contributed by atoms with E-state index in [0.717, 1.165) is 10.2 Å². The zero-order valence-corrected chi connectivity index (χ0v) is 13.8. The fraction of sp³-hybridized carbons (Fsp3) is 0.357. The highest BCUT2D eigenvalue weighted by molar-refractivity contribution is 7.22. The lowest BCUT2D eigenvalue weighted by molar-refractivity contribution is -0.118. The first kappa shape index (κ1) is 16.5. The number of anilines is 1.